The molecular formula is C15H24N4O7S. The fourth-order valence-electron chi connectivity index (χ4n) is 2.47. The molecule has 1 saturated heterocycles. The molecule has 1 aliphatic rings. The highest BCUT2D eigenvalue weighted by Gasteiger charge is 2.29. The van der Waals surface area contributed by atoms with Crippen molar-refractivity contribution < 1.29 is 34.2 Å². The Kier molecular flexibility index (Phi) is 9.58. The summed E-state index contributed by atoms with van der Waals surface area (Å²) in [4.78, 5) is 57.8. The molecule has 3 atom stereocenters. The van der Waals surface area contributed by atoms with Gasteiger partial charge in [0.2, 0.25) is 17.7 Å². The van der Waals surface area contributed by atoms with Crippen LogP contribution >= 0.6 is 12.6 Å². The van der Waals surface area contributed by atoms with Crippen LogP contribution < -0.4 is 21.3 Å². The molecule has 0 bridgehead atoms. The molecule has 0 aromatic carbocycles. The number of amides is 3. The van der Waals surface area contributed by atoms with E-state index in [4.69, 9.17) is 10.2 Å². The lowest BCUT2D eigenvalue weighted by molar-refractivity contribution is -0.140. The van der Waals surface area contributed by atoms with Crippen LogP contribution in [0.5, 0.6) is 0 Å². The smallest absolute Gasteiger partial charge is 0.322 e. The van der Waals surface area contributed by atoms with Crippen molar-refractivity contribution in [3.05, 3.63) is 0 Å². The molecular weight excluding hydrogens is 380 g/mol. The van der Waals surface area contributed by atoms with Gasteiger partial charge in [-0.05, 0) is 25.8 Å². The number of hydrogen-bond donors (Lipinski definition) is 7. The molecule has 0 radical (unpaired) electrons. The zero-order chi connectivity index (χ0) is 20.4. The predicted octanol–water partition coefficient (Wildman–Crippen LogP) is -2.30. The lowest BCUT2D eigenvalue weighted by Gasteiger charge is -2.22. The summed E-state index contributed by atoms with van der Waals surface area (Å²) in [6.45, 7) is 0.0369. The third kappa shape index (κ3) is 8.26. The first-order valence-corrected chi connectivity index (χ1v) is 9.04. The second-order valence-electron chi connectivity index (χ2n) is 6.00. The molecule has 1 aliphatic heterocycles. The summed E-state index contributed by atoms with van der Waals surface area (Å²) in [5, 5.41) is 27.4. The van der Waals surface area contributed by atoms with E-state index in [1.165, 1.54) is 0 Å². The molecule has 0 saturated carbocycles. The van der Waals surface area contributed by atoms with Crippen molar-refractivity contribution in [1.29, 1.82) is 0 Å². The Balaban J connectivity index is 2.69. The van der Waals surface area contributed by atoms with E-state index in [9.17, 15) is 24.0 Å². The standard InChI is InChI=1S/C15H24N4O7S/c20-11(21)4-3-9(13(24)17-6-12(22)23)18-15(26)10(7-27)19-14(25)8-2-1-5-16-8/h8-10,16,27H,1-7H2,(H,17,24)(H,18,26)(H,19,25)(H,20,21)(H,22,23). The van der Waals surface area contributed by atoms with E-state index in [2.05, 4.69) is 33.9 Å². The van der Waals surface area contributed by atoms with Gasteiger partial charge in [0.25, 0.3) is 0 Å². The molecule has 11 nitrogen and oxygen atoms in total. The van der Waals surface area contributed by atoms with Gasteiger partial charge >= 0.3 is 11.9 Å². The molecule has 0 aromatic heterocycles. The number of carbonyl (C=O) groups excluding carboxylic acids is 3. The van der Waals surface area contributed by atoms with Crippen LogP contribution in [0.15, 0.2) is 0 Å². The summed E-state index contributed by atoms with van der Waals surface area (Å²) in [7, 11) is 0. The highest BCUT2D eigenvalue weighted by Crippen LogP contribution is 2.06. The summed E-state index contributed by atoms with van der Waals surface area (Å²) in [6.07, 6.45) is 0.849. The van der Waals surface area contributed by atoms with Gasteiger partial charge in [-0.2, -0.15) is 12.6 Å². The van der Waals surface area contributed by atoms with Crippen LogP contribution in [0.3, 0.4) is 0 Å². The van der Waals surface area contributed by atoms with E-state index in [-0.39, 0.29) is 18.1 Å². The zero-order valence-electron chi connectivity index (χ0n) is 14.6. The van der Waals surface area contributed by atoms with E-state index >= 15 is 0 Å². The van der Waals surface area contributed by atoms with E-state index in [0.29, 0.717) is 13.0 Å². The highest BCUT2D eigenvalue weighted by atomic mass is 32.1. The maximum absolute atomic E-state index is 12.4. The van der Waals surface area contributed by atoms with Crippen molar-refractivity contribution in [2.75, 3.05) is 18.8 Å². The zero-order valence-corrected chi connectivity index (χ0v) is 15.5. The normalized spacial score (nSPS) is 18.2. The van der Waals surface area contributed by atoms with Crippen molar-refractivity contribution in [3.8, 4) is 0 Å². The Morgan fingerprint density at radius 1 is 1.04 bits per heavy atom. The van der Waals surface area contributed by atoms with Crippen LogP contribution in [0.4, 0.5) is 0 Å². The topological polar surface area (TPSA) is 174 Å². The molecule has 1 fully saturated rings. The van der Waals surface area contributed by atoms with Crippen LogP contribution in [-0.2, 0) is 24.0 Å². The summed E-state index contributed by atoms with van der Waals surface area (Å²) in [5.74, 6) is -4.39. The first-order valence-electron chi connectivity index (χ1n) is 8.41. The Labute approximate surface area is 161 Å². The van der Waals surface area contributed by atoms with Crippen molar-refractivity contribution in [2.45, 2.75) is 43.8 Å². The molecule has 1 heterocycles. The minimum absolute atomic E-state index is 0.0350. The summed E-state index contributed by atoms with van der Waals surface area (Å²) in [5.41, 5.74) is 0. The van der Waals surface area contributed by atoms with Gasteiger partial charge in [-0.3, -0.25) is 24.0 Å². The number of nitrogens with one attached hydrogen (secondary N) is 4. The summed E-state index contributed by atoms with van der Waals surface area (Å²) >= 11 is 4.03. The molecule has 6 N–H and O–H groups in total. The van der Waals surface area contributed by atoms with Crippen LogP contribution in [-0.4, -0.2) is 76.8 Å². The minimum Gasteiger partial charge on any atom is -0.481 e. The number of thiol groups is 1. The second-order valence-corrected chi connectivity index (χ2v) is 6.36. The quantitative estimate of drug-likeness (QED) is 0.188. The average Bonchev–Trinajstić information content (AvgIpc) is 3.15. The largest absolute Gasteiger partial charge is 0.481 e. The van der Waals surface area contributed by atoms with Crippen LogP contribution in [0.25, 0.3) is 0 Å². The Bertz CT molecular complexity index is 581. The number of aliphatic carboxylic acids is 2. The van der Waals surface area contributed by atoms with Crippen LogP contribution in [0.1, 0.15) is 25.7 Å². The predicted molar refractivity (Wildman–Crippen MR) is 96.3 cm³/mol. The summed E-state index contributed by atoms with van der Waals surface area (Å²) < 4.78 is 0. The molecule has 27 heavy (non-hydrogen) atoms. The number of hydrogen-bond acceptors (Lipinski definition) is 7. The molecule has 0 spiro atoms. The highest BCUT2D eigenvalue weighted by molar-refractivity contribution is 7.80. The Morgan fingerprint density at radius 3 is 2.26 bits per heavy atom. The number of carboxylic acid groups (broad SMARTS) is 2. The average molecular weight is 404 g/mol. The third-order valence-electron chi connectivity index (χ3n) is 3.89. The number of rotatable bonds is 11. The molecule has 152 valence electrons. The van der Waals surface area contributed by atoms with E-state index in [1.807, 2.05) is 0 Å². The van der Waals surface area contributed by atoms with E-state index in [0.717, 1.165) is 6.42 Å². The van der Waals surface area contributed by atoms with Gasteiger partial charge in [-0.1, -0.05) is 0 Å². The fourth-order valence-corrected chi connectivity index (χ4v) is 2.73. The van der Waals surface area contributed by atoms with Gasteiger partial charge in [0.05, 0.1) is 6.04 Å². The second kappa shape index (κ2) is 11.4. The molecule has 0 aromatic rings. The molecule has 12 heteroatoms. The lowest BCUT2D eigenvalue weighted by Crippen LogP contribution is -2.56. The maximum Gasteiger partial charge on any atom is 0.322 e. The lowest BCUT2D eigenvalue weighted by atomic mass is 10.1. The molecule has 3 unspecified atom stereocenters. The van der Waals surface area contributed by atoms with Crippen molar-refractivity contribution >= 4 is 42.3 Å². The maximum atomic E-state index is 12.4. The van der Waals surface area contributed by atoms with Crippen molar-refractivity contribution in [3.63, 3.8) is 0 Å². The molecule has 0 aliphatic carbocycles. The van der Waals surface area contributed by atoms with Crippen molar-refractivity contribution in [2.24, 2.45) is 0 Å². The van der Waals surface area contributed by atoms with Gasteiger partial charge in [0.1, 0.15) is 18.6 Å². The Hall–Kier alpha value is -2.34. The van der Waals surface area contributed by atoms with Gasteiger partial charge in [-0.25, -0.2) is 0 Å². The molecule has 3 amide bonds. The Morgan fingerprint density at radius 2 is 1.74 bits per heavy atom. The first kappa shape index (κ1) is 22.7. The van der Waals surface area contributed by atoms with Crippen LogP contribution in [0, 0.1) is 0 Å². The van der Waals surface area contributed by atoms with Crippen LogP contribution in [0.2, 0.25) is 0 Å². The first-order chi connectivity index (χ1) is 12.7. The monoisotopic (exact) mass is 404 g/mol. The number of carbonyl (C=O) groups is 5. The molecule has 1 rings (SSSR count). The fraction of sp³-hybridized carbons (Fsp3) is 0.667. The van der Waals surface area contributed by atoms with Gasteiger partial charge in [0.15, 0.2) is 0 Å². The third-order valence-corrected chi connectivity index (χ3v) is 4.25. The SMILES string of the molecule is O=C(O)CCC(NC(=O)C(CS)NC(=O)C1CCCN1)C(=O)NCC(=O)O. The van der Waals surface area contributed by atoms with E-state index in [1.54, 1.807) is 0 Å². The van der Waals surface area contributed by atoms with Crippen molar-refractivity contribution in [1.82, 2.24) is 21.3 Å². The minimum atomic E-state index is -1.28. The van der Waals surface area contributed by atoms with Gasteiger partial charge in [0, 0.05) is 12.2 Å². The van der Waals surface area contributed by atoms with Gasteiger partial charge < -0.3 is 31.5 Å². The van der Waals surface area contributed by atoms with Gasteiger partial charge in [-0.15, -0.1) is 0 Å². The number of carboxylic acids is 2. The summed E-state index contributed by atoms with van der Waals surface area (Å²) in [6, 6.07) is -2.68. The van der Waals surface area contributed by atoms with E-state index < -0.39 is 54.8 Å².